The van der Waals surface area contributed by atoms with E-state index in [1.165, 1.54) is 16.6 Å². The van der Waals surface area contributed by atoms with E-state index in [-0.39, 0.29) is 12.4 Å². The van der Waals surface area contributed by atoms with Crippen LogP contribution in [-0.4, -0.2) is 11.1 Å². The van der Waals surface area contributed by atoms with Gasteiger partial charge in [0.1, 0.15) is 0 Å². The molecule has 2 nitrogen and oxygen atoms in total. The van der Waals surface area contributed by atoms with Crippen LogP contribution in [0.15, 0.2) is 48.5 Å². The minimum absolute atomic E-state index is 0. The first kappa shape index (κ1) is 17.8. The van der Waals surface area contributed by atoms with E-state index in [4.69, 9.17) is 0 Å². The zero-order valence-corrected chi connectivity index (χ0v) is 14.3. The van der Waals surface area contributed by atoms with Gasteiger partial charge in [0.25, 0.3) is 0 Å². The van der Waals surface area contributed by atoms with Gasteiger partial charge in [-0.15, -0.1) is 12.4 Å². The molecule has 0 spiro atoms. The van der Waals surface area contributed by atoms with Gasteiger partial charge in [-0.1, -0.05) is 30.3 Å². The molecule has 1 N–H and O–H groups in total. The fourth-order valence-electron chi connectivity index (χ4n) is 3.49. The maximum Gasteiger partial charge on any atom is 0.416 e. The molecular weight excluding hydrogens is 349 g/mol. The van der Waals surface area contributed by atoms with Crippen molar-refractivity contribution in [3.05, 3.63) is 70.9 Å². The van der Waals surface area contributed by atoms with Crippen LogP contribution in [0.25, 0.3) is 10.9 Å². The number of para-hydroxylation sites is 1. The zero-order chi connectivity index (χ0) is 16.7. The second kappa shape index (κ2) is 6.73. The molecule has 0 radical (unpaired) electrons. The zero-order valence-electron chi connectivity index (χ0n) is 13.4. The Morgan fingerprint density at radius 2 is 1.72 bits per heavy atom. The van der Waals surface area contributed by atoms with Gasteiger partial charge in [0, 0.05) is 29.7 Å². The summed E-state index contributed by atoms with van der Waals surface area (Å²) in [4.78, 5) is 0. The Morgan fingerprint density at radius 3 is 2.44 bits per heavy atom. The first-order chi connectivity index (χ1) is 11.5. The highest BCUT2D eigenvalue weighted by Crippen LogP contribution is 2.31. The van der Waals surface area contributed by atoms with E-state index in [1.807, 2.05) is 12.1 Å². The van der Waals surface area contributed by atoms with Crippen LogP contribution in [0, 0.1) is 0 Å². The van der Waals surface area contributed by atoms with Crippen LogP contribution >= 0.6 is 12.4 Å². The average Bonchev–Trinajstić information content (AvgIpc) is 2.89. The van der Waals surface area contributed by atoms with Gasteiger partial charge in [-0.2, -0.15) is 13.2 Å². The number of fused-ring (bicyclic) bond motifs is 3. The highest BCUT2D eigenvalue weighted by Gasteiger charge is 2.30. The molecule has 0 unspecified atom stereocenters. The Labute approximate surface area is 150 Å². The van der Waals surface area contributed by atoms with Crippen molar-refractivity contribution >= 4 is 23.3 Å². The van der Waals surface area contributed by atoms with Gasteiger partial charge >= 0.3 is 6.18 Å². The lowest BCUT2D eigenvalue weighted by Gasteiger charge is -2.17. The van der Waals surface area contributed by atoms with E-state index >= 15 is 0 Å². The van der Waals surface area contributed by atoms with Gasteiger partial charge < -0.3 is 9.88 Å². The second-order valence-electron chi connectivity index (χ2n) is 6.15. The summed E-state index contributed by atoms with van der Waals surface area (Å²) in [5.74, 6) is 0. The maximum absolute atomic E-state index is 12.7. The molecule has 132 valence electrons. The van der Waals surface area contributed by atoms with Crippen molar-refractivity contribution in [2.24, 2.45) is 0 Å². The summed E-state index contributed by atoms with van der Waals surface area (Å²) in [7, 11) is 0. The number of hydrogen-bond acceptors (Lipinski definition) is 1. The smallest absolute Gasteiger partial charge is 0.339 e. The number of hydrogen-bond donors (Lipinski definition) is 1. The number of halogens is 4. The number of benzene rings is 2. The molecule has 4 rings (SSSR count). The first-order valence-electron chi connectivity index (χ1n) is 8.00. The summed E-state index contributed by atoms with van der Waals surface area (Å²) in [6.45, 7) is 2.33. The third-order valence-corrected chi connectivity index (χ3v) is 4.66. The molecule has 3 aromatic rings. The molecule has 0 saturated heterocycles. The molecule has 1 aliphatic heterocycles. The lowest BCUT2D eigenvalue weighted by atomic mass is 10.0. The highest BCUT2D eigenvalue weighted by molar-refractivity contribution is 5.86. The number of nitrogens with one attached hydrogen (secondary N) is 1. The summed E-state index contributed by atoms with van der Waals surface area (Å²) in [6.07, 6.45) is -3.31. The molecule has 0 saturated carbocycles. The maximum atomic E-state index is 12.7. The fourth-order valence-corrected chi connectivity index (χ4v) is 3.49. The third-order valence-electron chi connectivity index (χ3n) is 4.66. The van der Waals surface area contributed by atoms with E-state index in [9.17, 15) is 13.2 Å². The minimum atomic E-state index is -4.29. The van der Waals surface area contributed by atoms with Crippen molar-refractivity contribution in [2.75, 3.05) is 6.54 Å². The van der Waals surface area contributed by atoms with Crippen LogP contribution in [0.1, 0.15) is 22.4 Å². The van der Waals surface area contributed by atoms with Gasteiger partial charge in [0.05, 0.1) is 5.56 Å². The topological polar surface area (TPSA) is 17.0 Å². The standard InChI is InChI=1S/C19H17F3N2.ClH/c20-19(21,22)14-7-5-13(6-8-14)12-24-17-4-2-1-3-15(17)16-9-10-23-11-18(16)24;/h1-8,23H,9-12H2;1H. The summed E-state index contributed by atoms with van der Waals surface area (Å²) < 4.78 is 40.4. The number of alkyl halides is 3. The number of nitrogens with zero attached hydrogens (tertiary/aromatic N) is 1. The van der Waals surface area contributed by atoms with Crippen molar-refractivity contribution in [3.8, 4) is 0 Å². The van der Waals surface area contributed by atoms with Crippen LogP contribution in [0.5, 0.6) is 0 Å². The van der Waals surface area contributed by atoms with Gasteiger partial charge in [-0.25, -0.2) is 0 Å². The van der Waals surface area contributed by atoms with Crippen molar-refractivity contribution in [3.63, 3.8) is 0 Å². The predicted octanol–water partition coefficient (Wildman–Crippen LogP) is 4.78. The molecule has 0 aliphatic carbocycles. The Hall–Kier alpha value is -1.98. The molecular formula is C19H18ClF3N2. The van der Waals surface area contributed by atoms with Crippen LogP contribution in [0.3, 0.4) is 0 Å². The quantitative estimate of drug-likeness (QED) is 0.691. The fraction of sp³-hybridized carbons (Fsp3) is 0.263. The van der Waals surface area contributed by atoms with Gasteiger partial charge in [-0.3, -0.25) is 0 Å². The van der Waals surface area contributed by atoms with E-state index in [0.29, 0.717) is 6.54 Å². The Kier molecular flexibility index (Phi) is 4.80. The molecule has 0 fully saturated rings. The van der Waals surface area contributed by atoms with Crippen LogP contribution in [-0.2, 0) is 25.7 Å². The van der Waals surface area contributed by atoms with Crippen LogP contribution < -0.4 is 5.32 Å². The largest absolute Gasteiger partial charge is 0.416 e. The van der Waals surface area contributed by atoms with E-state index in [0.717, 1.165) is 42.7 Å². The molecule has 0 atom stereocenters. The lowest BCUT2D eigenvalue weighted by Crippen LogP contribution is -2.25. The molecule has 0 bridgehead atoms. The molecule has 2 heterocycles. The van der Waals surface area contributed by atoms with Crippen molar-refractivity contribution < 1.29 is 13.2 Å². The molecule has 0 amide bonds. The van der Waals surface area contributed by atoms with E-state index in [2.05, 4.69) is 22.0 Å². The number of rotatable bonds is 2. The Morgan fingerprint density at radius 1 is 1.00 bits per heavy atom. The van der Waals surface area contributed by atoms with Crippen LogP contribution in [0.4, 0.5) is 13.2 Å². The summed E-state index contributed by atoms with van der Waals surface area (Å²) in [5.41, 5.74) is 4.01. The summed E-state index contributed by atoms with van der Waals surface area (Å²) in [5, 5.41) is 4.64. The number of aromatic nitrogens is 1. The van der Waals surface area contributed by atoms with Crippen molar-refractivity contribution in [1.29, 1.82) is 0 Å². The predicted molar refractivity (Wildman–Crippen MR) is 95.1 cm³/mol. The summed E-state index contributed by atoms with van der Waals surface area (Å²) >= 11 is 0. The highest BCUT2D eigenvalue weighted by atomic mass is 35.5. The van der Waals surface area contributed by atoms with E-state index < -0.39 is 11.7 Å². The third kappa shape index (κ3) is 3.26. The second-order valence-corrected chi connectivity index (χ2v) is 6.15. The Balaban J connectivity index is 0.00000182. The van der Waals surface area contributed by atoms with E-state index in [1.54, 1.807) is 12.1 Å². The molecule has 6 heteroatoms. The molecule has 25 heavy (non-hydrogen) atoms. The minimum Gasteiger partial charge on any atom is -0.339 e. The first-order valence-corrected chi connectivity index (χ1v) is 8.00. The van der Waals surface area contributed by atoms with Gasteiger partial charge in [0.2, 0.25) is 0 Å². The average molecular weight is 367 g/mol. The van der Waals surface area contributed by atoms with Crippen molar-refractivity contribution in [1.82, 2.24) is 9.88 Å². The SMILES string of the molecule is Cl.FC(F)(F)c1ccc(Cn2c3c(c4ccccc42)CCNC3)cc1. The Bertz CT molecular complexity index is 882. The molecule has 1 aromatic heterocycles. The van der Waals surface area contributed by atoms with Crippen LogP contribution in [0.2, 0.25) is 0 Å². The van der Waals surface area contributed by atoms with Crippen molar-refractivity contribution in [2.45, 2.75) is 25.7 Å². The molecule has 1 aliphatic rings. The molecule has 2 aromatic carbocycles. The normalized spacial score (nSPS) is 14.2. The van der Waals surface area contributed by atoms with Gasteiger partial charge in [-0.05, 0) is 42.3 Å². The monoisotopic (exact) mass is 366 g/mol. The van der Waals surface area contributed by atoms with Gasteiger partial charge in [0.15, 0.2) is 0 Å². The summed E-state index contributed by atoms with van der Waals surface area (Å²) in [6, 6.07) is 13.7. The lowest BCUT2D eigenvalue weighted by molar-refractivity contribution is -0.137.